The maximum atomic E-state index is 14.5. The highest BCUT2D eigenvalue weighted by molar-refractivity contribution is 7.93. The summed E-state index contributed by atoms with van der Waals surface area (Å²) in [5.74, 6) is -1.55. The average Bonchev–Trinajstić information content (AvgIpc) is 3.11. The Bertz CT molecular complexity index is 1250. The van der Waals surface area contributed by atoms with Crippen LogP contribution in [0.3, 0.4) is 0 Å². The second-order valence-electron chi connectivity index (χ2n) is 8.05. The number of benzene rings is 1. The van der Waals surface area contributed by atoms with Crippen molar-refractivity contribution in [3.05, 3.63) is 65.3 Å². The second kappa shape index (κ2) is 8.95. The summed E-state index contributed by atoms with van der Waals surface area (Å²) < 4.78 is 59.9. The van der Waals surface area contributed by atoms with E-state index < -0.39 is 33.3 Å². The number of carbonyl (C=O) groups excluding carboxylic acids is 1. The molecule has 0 saturated carbocycles. The Morgan fingerprint density at radius 1 is 1.12 bits per heavy atom. The average molecular weight is 481 g/mol. The van der Waals surface area contributed by atoms with E-state index in [1.54, 1.807) is 20.8 Å². The predicted molar refractivity (Wildman–Crippen MR) is 117 cm³/mol. The van der Waals surface area contributed by atoms with Crippen molar-refractivity contribution in [1.82, 2.24) is 9.88 Å². The number of nitrogens with zero attached hydrogens (tertiary/aromatic N) is 2. The molecule has 2 heterocycles. The van der Waals surface area contributed by atoms with Gasteiger partial charge in [0.05, 0.1) is 11.4 Å². The number of pyridine rings is 1. The number of aromatic nitrogens is 1. The first-order valence-electron chi connectivity index (χ1n) is 9.57. The van der Waals surface area contributed by atoms with Gasteiger partial charge in [-0.25, -0.2) is 22.6 Å². The highest BCUT2D eigenvalue weighted by atomic mass is 32.2. The SMILES string of the molecule is CN(Cc1cc(-c2cccnc2F)c(S(=O)(=O)c2cccc(F)c2)s1)C(=O)OC(C)(C)C. The first-order chi connectivity index (χ1) is 14.9. The van der Waals surface area contributed by atoms with Gasteiger partial charge in [0.15, 0.2) is 0 Å². The molecule has 0 fully saturated rings. The Hall–Kier alpha value is -2.85. The van der Waals surface area contributed by atoms with E-state index in [1.807, 2.05) is 0 Å². The maximum Gasteiger partial charge on any atom is 0.410 e. The smallest absolute Gasteiger partial charge is 0.410 e. The molecule has 0 unspecified atom stereocenters. The quantitative estimate of drug-likeness (QED) is 0.464. The second-order valence-corrected chi connectivity index (χ2v) is 11.3. The summed E-state index contributed by atoms with van der Waals surface area (Å²) in [4.78, 5) is 17.4. The standard InChI is InChI=1S/C22H22F2N2O4S2/c1-22(2,3)30-21(27)26(4)13-15-12-18(17-9-6-10-25-19(17)24)20(31-15)32(28,29)16-8-5-7-14(23)11-16/h5-12H,13H2,1-4H3. The molecule has 0 aliphatic heterocycles. The van der Waals surface area contributed by atoms with Gasteiger partial charge in [-0.2, -0.15) is 4.39 Å². The summed E-state index contributed by atoms with van der Waals surface area (Å²) in [5.41, 5.74) is -0.612. The van der Waals surface area contributed by atoms with Crippen molar-refractivity contribution >= 4 is 27.3 Å². The molecule has 6 nitrogen and oxygen atoms in total. The molecule has 2 aromatic heterocycles. The first-order valence-corrected chi connectivity index (χ1v) is 11.9. The molecule has 0 saturated heterocycles. The van der Waals surface area contributed by atoms with Crippen LogP contribution in [0, 0.1) is 11.8 Å². The number of rotatable bonds is 5. The Morgan fingerprint density at radius 2 is 1.84 bits per heavy atom. The van der Waals surface area contributed by atoms with E-state index in [4.69, 9.17) is 4.74 Å². The fourth-order valence-corrected chi connectivity index (χ4v) is 6.05. The molecule has 32 heavy (non-hydrogen) atoms. The van der Waals surface area contributed by atoms with E-state index in [1.165, 1.54) is 48.5 Å². The van der Waals surface area contributed by atoms with Gasteiger partial charge in [-0.3, -0.25) is 0 Å². The third kappa shape index (κ3) is 5.31. The molecule has 0 radical (unpaired) electrons. The Balaban J connectivity index is 2.07. The molecule has 0 aliphatic rings. The molecule has 0 aliphatic carbocycles. The highest BCUT2D eigenvalue weighted by Crippen LogP contribution is 2.39. The van der Waals surface area contributed by atoms with Crippen molar-refractivity contribution in [3.63, 3.8) is 0 Å². The Kier molecular flexibility index (Phi) is 6.66. The van der Waals surface area contributed by atoms with Gasteiger partial charge in [0.1, 0.15) is 15.6 Å². The monoisotopic (exact) mass is 480 g/mol. The third-order valence-electron chi connectivity index (χ3n) is 4.25. The van der Waals surface area contributed by atoms with Crippen LogP contribution in [-0.2, 0) is 21.1 Å². The van der Waals surface area contributed by atoms with Crippen molar-refractivity contribution in [2.24, 2.45) is 0 Å². The van der Waals surface area contributed by atoms with Crippen LogP contribution in [-0.4, -0.2) is 37.0 Å². The molecular weight excluding hydrogens is 458 g/mol. The zero-order valence-electron chi connectivity index (χ0n) is 17.9. The van der Waals surface area contributed by atoms with Gasteiger partial charge >= 0.3 is 6.09 Å². The molecule has 1 aromatic carbocycles. The van der Waals surface area contributed by atoms with E-state index in [0.29, 0.717) is 4.88 Å². The maximum absolute atomic E-state index is 14.5. The van der Waals surface area contributed by atoms with E-state index in [2.05, 4.69) is 4.98 Å². The van der Waals surface area contributed by atoms with Crippen LogP contribution >= 0.6 is 11.3 Å². The van der Waals surface area contributed by atoms with Crippen molar-refractivity contribution < 1.29 is 26.7 Å². The lowest BCUT2D eigenvalue weighted by molar-refractivity contribution is 0.0286. The lowest BCUT2D eigenvalue weighted by Gasteiger charge is -2.24. The van der Waals surface area contributed by atoms with Crippen LogP contribution in [0.1, 0.15) is 25.6 Å². The van der Waals surface area contributed by atoms with Crippen molar-refractivity contribution in [1.29, 1.82) is 0 Å². The van der Waals surface area contributed by atoms with Crippen LogP contribution in [0.15, 0.2) is 57.8 Å². The van der Waals surface area contributed by atoms with Crippen molar-refractivity contribution in [2.75, 3.05) is 7.05 Å². The zero-order chi connectivity index (χ0) is 23.7. The van der Waals surface area contributed by atoms with E-state index >= 15 is 0 Å². The lowest BCUT2D eigenvalue weighted by Crippen LogP contribution is -2.33. The minimum atomic E-state index is -4.17. The first kappa shape index (κ1) is 23.8. The molecule has 3 aromatic rings. The van der Waals surface area contributed by atoms with Gasteiger partial charge < -0.3 is 9.64 Å². The van der Waals surface area contributed by atoms with Crippen LogP contribution in [0.2, 0.25) is 0 Å². The number of carbonyl (C=O) groups is 1. The van der Waals surface area contributed by atoms with Gasteiger partial charge in [-0.15, -0.1) is 11.3 Å². The number of hydrogen-bond donors (Lipinski definition) is 0. The summed E-state index contributed by atoms with van der Waals surface area (Å²) in [5, 5.41) is 0. The number of halogens is 2. The lowest BCUT2D eigenvalue weighted by atomic mass is 10.1. The van der Waals surface area contributed by atoms with Crippen LogP contribution in [0.4, 0.5) is 13.6 Å². The summed E-state index contributed by atoms with van der Waals surface area (Å²) in [6.07, 6.45) is 0.665. The summed E-state index contributed by atoms with van der Waals surface area (Å²) in [7, 11) is -2.66. The zero-order valence-corrected chi connectivity index (χ0v) is 19.6. The number of amides is 1. The molecule has 0 bridgehead atoms. The van der Waals surface area contributed by atoms with E-state index in [0.717, 1.165) is 23.5 Å². The number of thiophene rings is 1. The molecule has 0 spiro atoms. The predicted octanol–water partition coefficient (Wildman–Crippen LogP) is 5.29. The number of sulfone groups is 1. The van der Waals surface area contributed by atoms with Crippen LogP contribution < -0.4 is 0 Å². The number of hydrogen-bond acceptors (Lipinski definition) is 6. The van der Waals surface area contributed by atoms with Gasteiger partial charge in [0.25, 0.3) is 0 Å². The molecule has 3 rings (SSSR count). The summed E-state index contributed by atoms with van der Waals surface area (Å²) in [6.45, 7) is 5.23. The van der Waals surface area contributed by atoms with E-state index in [-0.39, 0.29) is 26.8 Å². The minimum absolute atomic E-state index is 0.00935. The molecule has 0 atom stereocenters. The fourth-order valence-electron chi connectivity index (χ4n) is 2.85. The Morgan fingerprint density at radius 3 is 2.47 bits per heavy atom. The molecule has 10 heteroatoms. The van der Waals surface area contributed by atoms with Crippen LogP contribution in [0.25, 0.3) is 11.1 Å². The van der Waals surface area contributed by atoms with Gasteiger partial charge in [0.2, 0.25) is 15.8 Å². The molecule has 0 N–H and O–H groups in total. The molecule has 170 valence electrons. The van der Waals surface area contributed by atoms with Gasteiger partial charge in [-0.1, -0.05) is 6.07 Å². The largest absolute Gasteiger partial charge is 0.444 e. The third-order valence-corrected chi connectivity index (χ3v) is 7.65. The molecule has 1 amide bonds. The summed E-state index contributed by atoms with van der Waals surface area (Å²) >= 11 is 0.880. The van der Waals surface area contributed by atoms with Gasteiger partial charge in [-0.05, 0) is 57.2 Å². The fraction of sp³-hybridized carbons (Fsp3) is 0.273. The number of ether oxygens (including phenoxy) is 1. The van der Waals surface area contributed by atoms with Gasteiger partial charge in [0, 0.05) is 29.2 Å². The Labute approximate surface area is 189 Å². The van der Waals surface area contributed by atoms with Crippen molar-refractivity contribution in [2.45, 2.75) is 42.0 Å². The van der Waals surface area contributed by atoms with Crippen molar-refractivity contribution in [3.8, 4) is 11.1 Å². The summed E-state index contributed by atoms with van der Waals surface area (Å²) in [6, 6.07) is 9.00. The molecular formula is C22H22F2N2O4S2. The topological polar surface area (TPSA) is 76.6 Å². The highest BCUT2D eigenvalue weighted by Gasteiger charge is 2.28. The van der Waals surface area contributed by atoms with Crippen LogP contribution in [0.5, 0.6) is 0 Å². The normalized spacial score (nSPS) is 11.9. The minimum Gasteiger partial charge on any atom is -0.444 e. The van der Waals surface area contributed by atoms with E-state index in [9.17, 15) is 22.0 Å².